The van der Waals surface area contributed by atoms with Crippen molar-refractivity contribution < 1.29 is 22.7 Å². The highest BCUT2D eigenvalue weighted by molar-refractivity contribution is 7.89. The molecule has 0 saturated heterocycles. The largest absolute Gasteiger partial charge is 0.475 e. The Morgan fingerprint density at radius 2 is 2.16 bits per heavy atom. The summed E-state index contributed by atoms with van der Waals surface area (Å²) in [7, 11) is -3.87. The first-order chi connectivity index (χ1) is 8.90. The molecule has 102 valence electrons. The molecule has 0 amide bonds. The van der Waals surface area contributed by atoms with Crippen molar-refractivity contribution in [3.05, 3.63) is 40.3 Å². The van der Waals surface area contributed by atoms with Crippen molar-refractivity contribution in [1.29, 1.82) is 0 Å². The number of carboxylic acid groups (broad SMARTS) is 1. The number of thiophene rings is 1. The van der Waals surface area contributed by atoms with Gasteiger partial charge in [-0.1, -0.05) is 6.07 Å². The van der Waals surface area contributed by atoms with Gasteiger partial charge in [-0.15, -0.1) is 11.3 Å². The van der Waals surface area contributed by atoms with Gasteiger partial charge in [0.05, 0.1) is 6.04 Å². The maximum atomic E-state index is 12.0. The van der Waals surface area contributed by atoms with Crippen LogP contribution in [-0.4, -0.2) is 19.5 Å². The number of carbonyl (C=O) groups is 1. The van der Waals surface area contributed by atoms with Gasteiger partial charge in [-0.05, 0) is 30.5 Å². The number of nitrogens with one attached hydrogen (secondary N) is 1. The van der Waals surface area contributed by atoms with Crippen LogP contribution in [0.15, 0.2) is 39.2 Å². The fraction of sp³-hybridized carbons (Fsp3) is 0.182. The van der Waals surface area contributed by atoms with Gasteiger partial charge in [-0.25, -0.2) is 17.9 Å². The highest BCUT2D eigenvalue weighted by atomic mass is 32.2. The van der Waals surface area contributed by atoms with E-state index < -0.39 is 32.9 Å². The third-order valence-electron chi connectivity index (χ3n) is 2.36. The van der Waals surface area contributed by atoms with E-state index in [2.05, 4.69) is 4.72 Å². The molecule has 0 bridgehead atoms. The second-order valence-corrected chi connectivity index (χ2v) is 6.41. The molecule has 0 aliphatic carbocycles. The van der Waals surface area contributed by atoms with Gasteiger partial charge in [0.15, 0.2) is 0 Å². The lowest BCUT2D eigenvalue weighted by atomic mass is 10.3. The Kier molecular flexibility index (Phi) is 3.74. The first kappa shape index (κ1) is 13.8. The molecule has 6 nitrogen and oxygen atoms in total. The van der Waals surface area contributed by atoms with Crippen LogP contribution in [-0.2, 0) is 10.0 Å². The molecule has 0 saturated carbocycles. The molecule has 2 heterocycles. The number of hydrogen-bond acceptors (Lipinski definition) is 5. The third kappa shape index (κ3) is 3.03. The van der Waals surface area contributed by atoms with Crippen LogP contribution in [0.3, 0.4) is 0 Å². The average molecular weight is 301 g/mol. The molecule has 2 N–H and O–H groups in total. The monoisotopic (exact) mass is 301 g/mol. The molecular formula is C11H11NO5S2. The Morgan fingerprint density at radius 1 is 1.42 bits per heavy atom. The zero-order chi connectivity index (χ0) is 14.0. The summed E-state index contributed by atoms with van der Waals surface area (Å²) in [6, 6.07) is 5.44. The molecule has 0 fully saturated rings. The van der Waals surface area contributed by atoms with E-state index in [4.69, 9.17) is 9.52 Å². The standard InChI is InChI=1S/C11H11NO5S2/c1-7(9-3-2-6-18-9)12-19(15,16)10-5-4-8(17-10)11(13)14/h2-7,12H,1H3,(H,13,14). The molecule has 1 unspecified atom stereocenters. The number of aromatic carboxylic acids is 1. The summed E-state index contributed by atoms with van der Waals surface area (Å²) in [6.45, 7) is 1.70. The van der Waals surface area contributed by atoms with Crippen LogP contribution in [0.25, 0.3) is 0 Å². The van der Waals surface area contributed by atoms with Crippen molar-refractivity contribution in [1.82, 2.24) is 4.72 Å². The lowest BCUT2D eigenvalue weighted by molar-refractivity contribution is 0.0656. The van der Waals surface area contributed by atoms with Crippen molar-refractivity contribution in [2.75, 3.05) is 0 Å². The van der Waals surface area contributed by atoms with E-state index in [0.717, 1.165) is 17.0 Å². The third-order valence-corrected chi connectivity index (χ3v) is 4.83. The summed E-state index contributed by atoms with van der Waals surface area (Å²) in [5.41, 5.74) is 0. The van der Waals surface area contributed by atoms with Crippen molar-refractivity contribution in [2.24, 2.45) is 0 Å². The lowest BCUT2D eigenvalue weighted by Gasteiger charge is -2.10. The molecule has 19 heavy (non-hydrogen) atoms. The SMILES string of the molecule is CC(NS(=O)(=O)c1ccc(C(=O)O)o1)c1cccs1. The van der Waals surface area contributed by atoms with Gasteiger partial charge >= 0.3 is 5.97 Å². The van der Waals surface area contributed by atoms with Gasteiger partial charge < -0.3 is 9.52 Å². The number of furan rings is 1. The minimum absolute atomic E-state index is 0.409. The highest BCUT2D eigenvalue weighted by Gasteiger charge is 2.23. The van der Waals surface area contributed by atoms with Crippen LogP contribution in [0.5, 0.6) is 0 Å². The van der Waals surface area contributed by atoms with E-state index in [9.17, 15) is 13.2 Å². The maximum absolute atomic E-state index is 12.0. The summed E-state index contributed by atoms with van der Waals surface area (Å²) in [5.74, 6) is -1.73. The Morgan fingerprint density at radius 3 is 2.68 bits per heavy atom. The summed E-state index contributed by atoms with van der Waals surface area (Å²) in [6.07, 6.45) is 0. The van der Waals surface area contributed by atoms with Crippen LogP contribution >= 0.6 is 11.3 Å². The van der Waals surface area contributed by atoms with Crippen molar-refractivity contribution in [3.8, 4) is 0 Å². The van der Waals surface area contributed by atoms with Crippen LogP contribution < -0.4 is 4.72 Å². The van der Waals surface area contributed by atoms with Gasteiger partial charge in [0, 0.05) is 4.88 Å². The summed E-state index contributed by atoms with van der Waals surface area (Å²) in [5, 5.41) is 10.1. The second kappa shape index (κ2) is 5.16. The minimum Gasteiger partial charge on any atom is -0.475 e. The predicted molar refractivity (Wildman–Crippen MR) is 68.7 cm³/mol. The number of hydrogen-bond donors (Lipinski definition) is 2. The van der Waals surface area contributed by atoms with Gasteiger partial charge in [0.25, 0.3) is 10.0 Å². The van der Waals surface area contributed by atoms with Gasteiger partial charge in [-0.3, -0.25) is 0 Å². The Hall–Kier alpha value is -1.64. The fourth-order valence-corrected chi connectivity index (χ4v) is 3.43. The van der Waals surface area contributed by atoms with Crippen molar-refractivity contribution in [3.63, 3.8) is 0 Å². The number of rotatable bonds is 5. The molecule has 0 aliphatic rings. The molecular weight excluding hydrogens is 290 g/mol. The zero-order valence-electron chi connectivity index (χ0n) is 9.86. The first-order valence-electron chi connectivity index (χ1n) is 5.29. The molecule has 0 aliphatic heterocycles. The number of carboxylic acids is 1. The minimum atomic E-state index is -3.87. The second-order valence-electron chi connectivity index (χ2n) is 3.78. The van der Waals surface area contributed by atoms with Crippen molar-refractivity contribution >= 4 is 27.3 Å². The van der Waals surface area contributed by atoms with Crippen LogP contribution in [0, 0.1) is 0 Å². The van der Waals surface area contributed by atoms with Crippen LogP contribution in [0.2, 0.25) is 0 Å². The van der Waals surface area contributed by atoms with E-state index in [1.54, 1.807) is 6.92 Å². The maximum Gasteiger partial charge on any atom is 0.371 e. The first-order valence-corrected chi connectivity index (χ1v) is 7.65. The van der Waals surface area contributed by atoms with E-state index in [1.165, 1.54) is 11.3 Å². The number of sulfonamides is 1. The summed E-state index contributed by atoms with van der Waals surface area (Å²) < 4.78 is 31.2. The topological polar surface area (TPSA) is 96.6 Å². The molecule has 0 radical (unpaired) electrons. The van der Waals surface area contributed by atoms with E-state index in [-0.39, 0.29) is 0 Å². The highest BCUT2D eigenvalue weighted by Crippen LogP contribution is 2.21. The Balaban J connectivity index is 2.20. The molecule has 2 aromatic heterocycles. The Labute approximate surface area is 113 Å². The predicted octanol–water partition coefficient (Wildman–Crippen LogP) is 2.08. The van der Waals surface area contributed by atoms with E-state index in [1.807, 2.05) is 17.5 Å². The van der Waals surface area contributed by atoms with Gasteiger partial charge in [-0.2, -0.15) is 0 Å². The zero-order valence-corrected chi connectivity index (χ0v) is 11.5. The summed E-state index contributed by atoms with van der Waals surface area (Å²) in [4.78, 5) is 11.5. The molecule has 8 heteroatoms. The normalized spacial score (nSPS) is 13.3. The van der Waals surface area contributed by atoms with Gasteiger partial charge in [0.1, 0.15) is 0 Å². The smallest absolute Gasteiger partial charge is 0.371 e. The fourth-order valence-electron chi connectivity index (χ4n) is 1.47. The molecule has 1 atom stereocenters. The van der Waals surface area contributed by atoms with Crippen LogP contribution in [0.4, 0.5) is 0 Å². The Bertz CT molecular complexity index is 672. The molecule has 0 aromatic carbocycles. The quantitative estimate of drug-likeness (QED) is 0.881. The summed E-state index contributed by atoms with van der Waals surface area (Å²) >= 11 is 1.43. The molecule has 0 spiro atoms. The molecule has 2 aromatic rings. The lowest BCUT2D eigenvalue weighted by Crippen LogP contribution is -2.26. The average Bonchev–Trinajstić information content (AvgIpc) is 3.00. The van der Waals surface area contributed by atoms with Crippen molar-refractivity contribution in [2.45, 2.75) is 18.1 Å². The van der Waals surface area contributed by atoms with Crippen LogP contribution in [0.1, 0.15) is 28.4 Å². The van der Waals surface area contributed by atoms with E-state index in [0.29, 0.717) is 0 Å². The van der Waals surface area contributed by atoms with E-state index >= 15 is 0 Å². The molecule has 2 rings (SSSR count). The van der Waals surface area contributed by atoms with Gasteiger partial charge in [0.2, 0.25) is 10.9 Å².